The van der Waals surface area contributed by atoms with E-state index in [0.29, 0.717) is 26.1 Å². The number of nitrogens with zero attached hydrogens (tertiary/aromatic N) is 3. The molecule has 1 N–H and O–H groups in total. The number of nitrogens with one attached hydrogen (secondary N) is 1. The number of carbonyl (C=O) groups excluding carboxylic acids is 2. The fourth-order valence-corrected chi connectivity index (χ4v) is 6.26. The molecule has 0 fully saturated rings. The Hall–Kier alpha value is -2.56. The van der Waals surface area contributed by atoms with Crippen molar-refractivity contribution < 1.29 is 19.1 Å². The van der Waals surface area contributed by atoms with E-state index in [0.717, 1.165) is 78.7 Å². The van der Waals surface area contributed by atoms with Crippen molar-refractivity contribution in [3.8, 4) is 0 Å². The van der Waals surface area contributed by atoms with Crippen LogP contribution in [-0.4, -0.2) is 70.4 Å². The second-order valence-corrected chi connectivity index (χ2v) is 11.5. The van der Waals surface area contributed by atoms with Crippen molar-refractivity contribution in [3.63, 3.8) is 0 Å². The minimum absolute atomic E-state index is 0.124. The fraction of sp³-hybridized carbons (Fsp3) is 0.533. The molecular weight excluding hydrogens is 544 g/mol. The molecule has 0 aliphatic heterocycles. The lowest BCUT2D eigenvalue weighted by Crippen LogP contribution is -2.29. The molecule has 0 amide bonds. The van der Waals surface area contributed by atoms with E-state index < -0.39 is 0 Å². The van der Waals surface area contributed by atoms with Gasteiger partial charge in [0.2, 0.25) is 0 Å². The number of ether oxygens (including phenoxy) is 2. The van der Waals surface area contributed by atoms with E-state index in [1.807, 2.05) is 56.1 Å². The van der Waals surface area contributed by atoms with Gasteiger partial charge in [0.1, 0.15) is 0 Å². The number of carbonyl (C=O) groups is 2. The van der Waals surface area contributed by atoms with Crippen LogP contribution in [-0.2, 0) is 24.8 Å². The zero-order valence-corrected chi connectivity index (χ0v) is 25.6. The van der Waals surface area contributed by atoms with Crippen LogP contribution in [0.4, 0.5) is 0 Å². The number of rotatable bonds is 19. The van der Waals surface area contributed by atoms with Crippen LogP contribution in [0.25, 0.3) is 11.0 Å². The molecule has 2 aromatic heterocycles. The van der Waals surface area contributed by atoms with Crippen molar-refractivity contribution in [2.24, 2.45) is 0 Å². The third-order valence-corrected chi connectivity index (χ3v) is 8.48. The van der Waals surface area contributed by atoms with Crippen molar-refractivity contribution in [1.82, 2.24) is 19.9 Å². The van der Waals surface area contributed by atoms with Gasteiger partial charge < -0.3 is 19.4 Å². The molecule has 0 spiro atoms. The van der Waals surface area contributed by atoms with E-state index in [1.165, 1.54) is 10.5 Å². The lowest BCUT2D eigenvalue weighted by molar-refractivity contribution is -0.144. The summed E-state index contributed by atoms with van der Waals surface area (Å²) in [7, 11) is 0. The molecule has 0 bridgehead atoms. The lowest BCUT2D eigenvalue weighted by atomic mass is 10.2. The highest BCUT2D eigenvalue weighted by atomic mass is 32.2. The average Bonchev–Trinajstić information content (AvgIpc) is 3.36. The molecule has 0 aliphatic rings. The molecule has 10 heteroatoms. The first-order valence-electron chi connectivity index (χ1n) is 14.2. The first kappa shape index (κ1) is 32.0. The summed E-state index contributed by atoms with van der Waals surface area (Å²) in [6.07, 6.45) is 6.35. The van der Waals surface area contributed by atoms with Crippen molar-refractivity contribution in [3.05, 3.63) is 47.8 Å². The summed E-state index contributed by atoms with van der Waals surface area (Å²) in [6.45, 7) is 9.46. The smallest absolute Gasteiger partial charge is 0.305 e. The van der Waals surface area contributed by atoms with Gasteiger partial charge in [-0.15, -0.1) is 11.8 Å². The van der Waals surface area contributed by atoms with Gasteiger partial charge in [0.25, 0.3) is 0 Å². The highest BCUT2D eigenvalue weighted by Gasteiger charge is 2.12. The van der Waals surface area contributed by atoms with Crippen LogP contribution in [0.3, 0.4) is 0 Å². The van der Waals surface area contributed by atoms with Gasteiger partial charge in [-0.05, 0) is 83.3 Å². The van der Waals surface area contributed by atoms with Gasteiger partial charge >= 0.3 is 11.9 Å². The Balaban J connectivity index is 1.48. The van der Waals surface area contributed by atoms with Gasteiger partial charge in [0, 0.05) is 42.0 Å². The van der Waals surface area contributed by atoms with Gasteiger partial charge in [-0.2, -0.15) is 0 Å². The Morgan fingerprint density at radius 1 is 0.900 bits per heavy atom. The Morgan fingerprint density at radius 2 is 1.57 bits per heavy atom. The van der Waals surface area contributed by atoms with Crippen LogP contribution in [0.2, 0.25) is 0 Å². The van der Waals surface area contributed by atoms with Crippen molar-refractivity contribution in [2.75, 3.05) is 38.6 Å². The summed E-state index contributed by atoms with van der Waals surface area (Å²) in [5.74, 6) is 1.46. The number of esters is 2. The molecule has 3 rings (SSSR count). The Labute approximate surface area is 246 Å². The zero-order chi connectivity index (χ0) is 28.6. The molecule has 0 radical (unpaired) electrons. The van der Waals surface area contributed by atoms with Crippen molar-refractivity contribution >= 4 is 46.5 Å². The molecule has 0 unspecified atom stereocenters. The van der Waals surface area contributed by atoms with Gasteiger partial charge in [0.15, 0.2) is 5.16 Å². The first-order chi connectivity index (χ1) is 19.5. The molecule has 0 atom stereocenters. The van der Waals surface area contributed by atoms with E-state index in [-0.39, 0.29) is 11.9 Å². The van der Waals surface area contributed by atoms with Gasteiger partial charge in [0.05, 0.1) is 29.9 Å². The first-order valence-corrected chi connectivity index (χ1v) is 16.2. The van der Waals surface area contributed by atoms with Crippen LogP contribution in [0, 0.1) is 6.92 Å². The number of benzene rings is 1. The summed E-state index contributed by atoms with van der Waals surface area (Å²) in [5.41, 5.74) is 4.31. The van der Waals surface area contributed by atoms with E-state index in [2.05, 4.69) is 32.8 Å². The summed E-state index contributed by atoms with van der Waals surface area (Å²) >= 11 is 3.52. The number of hydrogen-bond donors (Lipinski definition) is 1. The van der Waals surface area contributed by atoms with Gasteiger partial charge in [-0.25, -0.2) is 4.98 Å². The van der Waals surface area contributed by atoms with E-state index in [1.54, 1.807) is 11.8 Å². The van der Waals surface area contributed by atoms with Crippen LogP contribution >= 0.6 is 23.5 Å². The summed E-state index contributed by atoms with van der Waals surface area (Å²) in [4.78, 5) is 39.7. The van der Waals surface area contributed by atoms with Crippen molar-refractivity contribution in [2.45, 2.75) is 75.1 Å². The molecule has 8 nitrogen and oxygen atoms in total. The lowest BCUT2D eigenvalue weighted by Gasteiger charge is -2.22. The zero-order valence-electron chi connectivity index (χ0n) is 23.9. The molecule has 0 saturated heterocycles. The molecule has 1 aromatic carbocycles. The van der Waals surface area contributed by atoms with E-state index >= 15 is 0 Å². The third-order valence-electron chi connectivity index (χ3n) is 6.46. The second kappa shape index (κ2) is 18.0. The van der Waals surface area contributed by atoms with Gasteiger partial charge in [-0.1, -0.05) is 23.9 Å². The molecule has 2 heterocycles. The predicted octanol–water partition coefficient (Wildman–Crippen LogP) is 6.42. The number of imidazole rings is 1. The molecular formula is C30H42N4O4S2. The standard InChI is InChI=1S/C30H42N4O4S2/c1-4-37-28(35)14-8-10-18-34(19-11-9-15-29(36)38-5-2)20-21-39-27-16-17-31-26(23(27)3)22-40-30-32-24-12-6-7-13-25(24)33-30/h6-7,12-13,16-17H,4-5,8-11,14-15,18-22H2,1-3H3,(H,32,33). The average molecular weight is 587 g/mol. The Bertz CT molecular complexity index is 1140. The number of para-hydroxylation sites is 2. The maximum absolute atomic E-state index is 11.7. The number of fused-ring (bicyclic) bond motifs is 1. The topological polar surface area (TPSA) is 97.4 Å². The number of hydrogen-bond acceptors (Lipinski definition) is 9. The number of aromatic nitrogens is 3. The maximum atomic E-state index is 11.7. The molecule has 40 heavy (non-hydrogen) atoms. The fourth-order valence-electron chi connectivity index (χ4n) is 4.29. The monoisotopic (exact) mass is 586 g/mol. The maximum Gasteiger partial charge on any atom is 0.305 e. The largest absolute Gasteiger partial charge is 0.466 e. The van der Waals surface area contributed by atoms with E-state index in [9.17, 15) is 9.59 Å². The SMILES string of the molecule is CCOC(=O)CCCCN(CCCCC(=O)OCC)CCSc1ccnc(CSc2nc3ccccc3[nH]2)c1C. The van der Waals surface area contributed by atoms with E-state index in [4.69, 9.17) is 9.47 Å². The summed E-state index contributed by atoms with van der Waals surface area (Å²) in [5, 5.41) is 0.905. The number of unbranched alkanes of at least 4 members (excludes halogenated alkanes) is 2. The quantitative estimate of drug-likeness (QED) is 0.0969. The number of pyridine rings is 1. The molecule has 218 valence electrons. The number of H-pyrrole nitrogens is 1. The third kappa shape index (κ3) is 11.1. The van der Waals surface area contributed by atoms with Gasteiger partial charge in [-0.3, -0.25) is 14.6 Å². The molecule has 0 aliphatic carbocycles. The van der Waals surface area contributed by atoms with Crippen LogP contribution in [0.15, 0.2) is 46.6 Å². The Morgan fingerprint density at radius 3 is 2.23 bits per heavy atom. The van der Waals surface area contributed by atoms with Crippen LogP contribution in [0.1, 0.15) is 63.6 Å². The molecule has 3 aromatic rings. The summed E-state index contributed by atoms with van der Waals surface area (Å²) < 4.78 is 10.1. The summed E-state index contributed by atoms with van der Waals surface area (Å²) in [6, 6.07) is 10.2. The van der Waals surface area contributed by atoms with Crippen LogP contribution < -0.4 is 0 Å². The number of aromatic amines is 1. The minimum atomic E-state index is -0.124. The highest BCUT2D eigenvalue weighted by Crippen LogP contribution is 2.28. The predicted molar refractivity (Wildman–Crippen MR) is 163 cm³/mol. The molecule has 0 saturated carbocycles. The number of thioether (sulfide) groups is 2. The normalized spacial score (nSPS) is 11.3. The second-order valence-electron chi connectivity index (χ2n) is 9.44. The minimum Gasteiger partial charge on any atom is -0.466 e. The van der Waals surface area contributed by atoms with Crippen LogP contribution in [0.5, 0.6) is 0 Å². The Kier molecular flexibility index (Phi) is 14.4. The van der Waals surface area contributed by atoms with Crippen molar-refractivity contribution in [1.29, 1.82) is 0 Å². The highest BCUT2D eigenvalue weighted by molar-refractivity contribution is 7.99.